The molecule has 4 N–H and O–H groups in total. The number of fused-ring (bicyclic) bond motifs is 1. The molecule has 0 unspecified atom stereocenters. The summed E-state index contributed by atoms with van der Waals surface area (Å²) in [6, 6.07) is 17.2. The van der Waals surface area contributed by atoms with Crippen LogP contribution in [0, 0.1) is 13.8 Å². The molecule has 0 aliphatic heterocycles. The maximum Gasteiger partial charge on any atom is 0.307 e. The Morgan fingerprint density at radius 2 is 1.72 bits per heavy atom. The molecular formula is C27H26N4O4S. The summed E-state index contributed by atoms with van der Waals surface area (Å²) >= 11 is 1.01. The summed E-state index contributed by atoms with van der Waals surface area (Å²) < 4.78 is 14.1. The van der Waals surface area contributed by atoms with Gasteiger partial charge in [-0.3, -0.25) is 9.78 Å². The predicted octanol–water partition coefficient (Wildman–Crippen LogP) is 5.19. The molecule has 0 aliphatic rings. The molecule has 0 bridgehead atoms. The minimum Gasteiger partial charge on any atom is -0.494 e. The van der Waals surface area contributed by atoms with Gasteiger partial charge in [0.05, 0.1) is 15.9 Å². The van der Waals surface area contributed by atoms with Gasteiger partial charge >= 0.3 is 4.87 Å². The zero-order valence-electron chi connectivity index (χ0n) is 20.2. The number of aromatic nitrogens is 3. The fraction of sp³-hybridized carbons (Fsp3) is 0.185. The summed E-state index contributed by atoms with van der Waals surface area (Å²) in [5.41, 5.74) is 11.6. The number of aromatic hydroxyl groups is 1. The average Bonchev–Trinajstić information content (AvgIpc) is 3.34. The lowest BCUT2D eigenvalue weighted by Crippen LogP contribution is -2.03. The topological polar surface area (TPSA) is 115 Å². The quantitative estimate of drug-likeness (QED) is 0.264. The van der Waals surface area contributed by atoms with Crippen molar-refractivity contribution in [3.05, 3.63) is 91.7 Å². The number of hydrogen-bond acceptors (Lipinski definition) is 7. The number of thiazole rings is 1. The first-order chi connectivity index (χ1) is 17.3. The van der Waals surface area contributed by atoms with Crippen LogP contribution in [0.3, 0.4) is 0 Å². The largest absolute Gasteiger partial charge is 0.494 e. The molecule has 0 saturated carbocycles. The highest BCUT2D eigenvalue weighted by Crippen LogP contribution is 2.30. The number of nitrogens with one attached hydrogen (secondary N) is 1. The molecule has 5 aromatic rings. The number of ether oxygens (including phenoxy) is 2. The van der Waals surface area contributed by atoms with Crippen molar-refractivity contribution in [3.8, 4) is 23.1 Å². The van der Waals surface area contributed by atoms with Gasteiger partial charge in [-0.2, -0.15) is 0 Å². The van der Waals surface area contributed by atoms with Crippen molar-refractivity contribution in [2.45, 2.75) is 26.9 Å². The van der Waals surface area contributed by atoms with Crippen molar-refractivity contribution in [2.75, 3.05) is 5.73 Å². The molecule has 2 aromatic heterocycles. The molecule has 0 radical (unpaired) electrons. The Balaban J connectivity index is 1.27. The average molecular weight is 503 g/mol. The first-order valence-electron chi connectivity index (χ1n) is 11.4. The SMILES string of the molecule is Cc1cc(Oc2ccc3nc(COc4ccc(Cc5sc(=O)[nH]c5O)cc4)n(C)c3c2)cc(C)c1N. The van der Waals surface area contributed by atoms with Gasteiger partial charge in [0.1, 0.15) is 29.7 Å². The van der Waals surface area contributed by atoms with E-state index < -0.39 is 0 Å². The molecule has 0 saturated heterocycles. The van der Waals surface area contributed by atoms with Gasteiger partial charge in [-0.05, 0) is 66.9 Å². The van der Waals surface area contributed by atoms with Gasteiger partial charge in [-0.15, -0.1) is 0 Å². The van der Waals surface area contributed by atoms with E-state index in [2.05, 4.69) is 4.98 Å². The van der Waals surface area contributed by atoms with Gasteiger partial charge in [0.25, 0.3) is 0 Å². The Bertz CT molecular complexity index is 1590. The Morgan fingerprint density at radius 1 is 1.03 bits per heavy atom. The maximum atomic E-state index is 11.4. The standard InChI is InChI=1S/C27H26N4O4S/c1-15-10-20(11-16(2)25(15)28)35-19-8-9-21-22(13-19)31(3)24(29-21)14-34-18-6-4-17(5-7-18)12-23-26(32)30-27(33)36-23/h4-11,13,32H,12,14,28H2,1-3H3,(H,30,33). The Morgan fingerprint density at radius 3 is 2.39 bits per heavy atom. The number of aryl methyl sites for hydroxylation is 3. The number of rotatable bonds is 7. The fourth-order valence-electron chi connectivity index (χ4n) is 4.05. The second-order valence-corrected chi connectivity index (χ2v) is 9.77. The van der Waals surface area contributed by atoms with E-state index >= 15 is 0 Å². The lowest BCUT2D eigenvalue weighted by molar-refractivity contribution is 0.292. The minimum atomic E-state index is -0.265. The van der Waals surface area contributed by atoms with Crippen LogP contribution in [0.2, 0.25) is 0 Å². The Labute approximate surface area is 211 Å². The fourth-order valence-corrected chi connectivity index (χ4v) is 4.81. The number of nitrogen functional groups attached to an aromatic ring is 1. The predicted molar refractivity (Wildman–Crippen MR) is 141 cm³/mol. The van der Waals surface area contributed by atoms with Crippen LogP contribution >= 0.6 is 11.3 Å². The first-order valence-corrected chi connectivity index (χ1v) is 12.2. The van der Waals surface area contributed by atoms with E-state index in [0.29, 0.717) is 23.7 Å². The van der Waals surface area contributed by atoms with Crippen LogP contribution in [0.25, 0.3) is 11.0 Å². The Hall–Kier alpha value is -4.24. The lowest BCUT2D eigenvalue weighted by Gasteiger charge is -2.11. The molecule has 0 aliphatic carbocycles. The van der Waals surface area contributed by atoms with Gasteiger partial charge in [0.15, 0.2) is 0 Å². The monoisotopic (exact) mass is 502 g/mol. The molecule has 184 valence electrons. The third-order valence-electron chi connectivity index (χ3n) is 6.10. The molecule has 0 amide bonds. The van der Waals surface area contributed by atoms with Crippen LogP contribution in [0.15, 0.2) is 59.4 Å². The second-order valence-electron chi connectivity index (χ2n) is 8.71. The third kappa shape index (κ3) is 4.78. The maximum absolute atomic E-state index is 11.4. The molecule has 2 heterocycles. The summed E-state index contributed by atoms with van der Waals surface area (Å²) in [5.74, 6) is 2.88. The number of hydrogen-bond donors (Lipinski definition) is 3. The highest BCUT2D eigenvalue weighted by Gasteiger charge is 2.12. The van der Waals surface area contributed by atoms with E-state index in [4.69, 9.17) is 20.2 Å². The molecule has 36 heavy (non-hydrogen) atoms. The van der Waals surface area contributed by atoms with E-state index in [1.54, 1.807) is 0 Å². The molecule has 8 nitrogen and oxygen atoms in total. The zero-order chi connectivity index (χ0) is 25.4. The van der Waals surface area contributed by atoms with E-state index in [1.165, 1.54) is 0 Å². The number of imidazole rings is 1. The van der Waals surface area contributed by atoms with E-state index in [1.807, 2.05) is 80.1 Å². The second kappa shape index (κ2) is 9.43. The van der Waals surface area contributed by atoms with E-state index in [9.17, 15) is 9.90 Å². The first kappa shape index (κ1) is 23.5. The van der Waals surface area contributed by atoms with Crippen molar-refractivity contribution in [1.82, 2.24) is 14.5 Å². The van der Waals surface area contributed by atoms with Gasteiger partial charge < -0.3 is 24.9 Å². The molecular weight excluding hydrogens is 476 g/mol. The van der Waals surface area contributed by atoms with E-state index in [0.717, 1.165) is 62.1 Å². The normalized spacial score (nSPS) is 11.2. The van der Waals surface area contributed by atoms with Crippen LogP contribution in [-0.4, -0.2) is 19.6 Å². The van der Waals surface area contributed by atoms with Crippen LogP contribution in [-0.2, 0) is 20.1 Å². The zero-order valence-corrected chi connectivity index (χ0v) is 21.0. The molecule has 0 spiro atoms. The molecule has 9 heteroatoms. The van der Waals surface area contributed by atoms with Crippen LogP contribution in [0.1, 0.15) is 27.4 Å². The van der Waals surface area contributed by atoms with Gasteiger partial charge in [-0.1, -0.05) is 23.5 Å². The van der Waals surface area contributed by atoms with Crippen molar-refractivity contribution >= 4 is 28.1 Å². The molecule has 0 fully saturated rings. The number of H-pyrrole nitrogens is 1. The summed E-state index contributed by atoms with van der Waals surface area (Å²) in [7, 11) is 1.95. The van der Waals surface area contributed by atoms with Crippen molar-refractivity contribution < 1.29 is 14.6 Å². The molecule has 0 atom stereocenters. The number of nitrogens with zero attached hydrogens (tertiary/aromatic N) is 2. The highest BCUT2D eigenvalue weighted by molar-refractivity contribution is 7.09. The number of nitrogens with two attached hydrogens (primary N) is 1. The van der Waals surface area contributed by atoms with Crippen molar-refractivity contribution in [1.29, 1.82) is 0 Å². The highest BCUT2D eigenvalue weighted by atomic mass is 32.1. The summed E-state index contributed by atoms with van der Waals surface area (Å²) in [5, 5.41) is 9.77. The van der Waals surface area contributed by atoms with Gasteiger partial charge in [0.2, 0.25) is 5.88 Å². The summed E-state index contributed by atoms with van der Waals surface area (Å²) in [6.45, 7) is 4.24. The summed E-state index contributed by atoms with van der Waals surface area (Å²) in [4.78, 5) is 18.8. The van der Waals surface area contributed by atoms with Crippen LogP contribution in [0.4, 0.5) is 5.69 Å². The van der Waals surface area contributed by atoms with Gasteiger partial charge in [-0.25, -0.2) is 4.98 Å². The molecule has 3 aromatic carbocycles. The third-order valence-corrected chi connectivity index (χ3v) is 6.98. The minimum absolute atomic E-state index is 0.0700. The van der Waals surface area contributed by atoms with Crippen LogP contribution in [0.5, 0.6) is 23.1 Å². The number of aromatic amines is 1. The summed E-state index contributed by atoms with van der Waals surface area (Å²) in [6.07, 6.45) is 0.472. The smallest absolute Gasteiger partial charge is 0.307 e. The molecule has 5 rings (SSSR count). The van der Waals surface area contributed by atoms with Gasteiger partial charge in [0, 0.05) is 25.2 Å². The number of benzene rings is 3. The van der Waals surface area contributed by atoms with Crippen LogP contribution < -0.4 is 20.1 Å². The van der Waals surface area contributed by atoms with Crippen molar-refractivity contribution in [3.63, 3.8) is 0 Å². The lowest BCUT2D eigenvalue weighted by atomic mass is 10.1. The number of anilines is 1. The van der Waals surface area contributed by atoms with E-state index in [-0.39, 0.29) is 10.8 Å². The Kier molecular flexibility index (Phi) is 6.15. The van der Waals surface area contributed by atoms with Crippen molar-refractivity contribution in [2.24, 2.45) is 7.05 Å².